The molecule has 1 N–H and O–H groups in total. The molecule has 0 spiro atoms. The molecular formula is C28H30N2O5. The number of fused-ring (bicyclic) bond motifs is 1. The van der Waals surface area contributed by atoms with Crippen LogP contribution in [0.4, 0.5) is 5.69 Å². The molecule has 1 heterocycles. The van der Waals surface area contributed by atoms with Crippen molar-refractivity contribution in [2.45, 2.75) is 39.0 Å². The van der Waals surface area contributed by atoms with Crippen LogP contribution in [0.25, 0.3) is 0 Å². The maximum Gasteiger partial charge on any atom is 0.264 e. The van der Waals surface area contributed by atoms with Crippen LogP contribution in [0.2, 0.25) is 0 Å². The summed E-state index contributed by atoms with van der Waals surface area (Å²) < 4.78 is 16.6. The third-order valence-electron chi connectivity index (χ3n) is 5.96. The van der Waals surface area contributed by atoms with Gasteiger partial charge in [0.15, 0.2) is 6.10 Å². The third kappa shape index (κ3) is 5.93. The summed E-state index contributed by atoms with van der Waals surface area (Å²) in [6, 6.07) is 20.6. The number of benzene rings is 3. The van der Waals surface area contributed by atoms with Gasteiger partial charge in [-0.15, -0.1) is 0 Å². The number of hydrogen-bond donors (Lipinski definition) is 1. The zero-order chi connectivity index (χ0) is 24.8. The van der Waals surface area contributed by atoms with Crippen LogP contribution in [0.15, 0.2) is 66.7 Å². The Morgan fingerprint density at radius 3 is 2.49 bits per heavy atom. The molecular weight excluding hydrogens is 444 g/mol. The molecule has 3 aromatic rings. The molecule has 0 unspecified atom stereocenters. The summed E-state index contributed by atoms with van der Waals surface area (Å²) in [6.45, 7) is 2.75. The van der Waals surface area contributed by atoms with Crippen LogP contribution in [0.5, 0.6) is 17.2 Å². The quantitative estimate of drug-likeness (QED) is 0.517. The Morgan fingerprint density at radius 1 is 1.00 bits per heavy atom. The van der Waals surface area contributed by atoms with Gasteiger partial charge < -0.3 is 24.4 Å². The Balaban J connectivity index is 1.51. The first-order valence-electron chi connectivity index (χ1n) is 11.6. The minimum Gasteiger partial charge on any atom is -0.497 e. The van der Waals surface area contributed by atoms with Gasteiger partial charge in [0.2, 0.25) is 5.91 Å². The Kier molecular flexibility index (Phi) is 7.55. The van der Waals surface area contributed by atoms with Gasteiger partial charge in [0, 0.05) is 24.3 Å². The lowest BCUT2D eigenvalue weighted by molar-refractivity contribution is -0.139. The van der Waals surface area contributed by atoms with Gasteiger partial charge >= 0.3 is 0 Å². The molecule has 2 amide bonds. The number of rotatable bonds is 8. The van der Waals surface area contributed by atoms with Gasteiger partial charge in [-0.1, -0.05) is 31.2 Å². The van der Waals surface area contributed by atoms with E-state index in [9.17, 15) is 9.59 Å². The molecule has 0 saturated carbocycles. The second-order valence-corrected chi connectivity index (χ2v) is 8.46. The second-order valence-electron chi connectivity index (χ2n) is 8.46. The van der Waals surface area contributed by atoms with Crippen molar-refractivity contribution >= 4 is 17.5 Å². The first-order valence-corrected chi connectivity index (χ1v) is 11.6. The molecule has 182 valence electrons. The number of nitrogens with one attached hydrogen (secondary N) is 1. The molecule has 1 aliphatic rings. The van der Waals surface area contributed by atoms with E-state index in [1.165, 1.54) is 0 Å². The van der Waals surface area contributed by atoms with E-state index < -0.39 is 6.10 Å². The normalized spacial score (nSPS) is 15.0. The van der Waals surface area contributed by atoms with E-state index in [0.717, 1.165) is 28.2 Å². The summed E-state index contributed by atoms with van der Waals surface area (Å²) in [5.41, 5.74) is 3.37. The number of nitrogens with zero attached hydrogens (tertiary/aromatic N) is 1. The maximum atomic E-state index is 13.2. The second kappa shape index (κ2) is 11.0. The first kappa shape index (κ1) is 24.1. The fraction of sp³-hybridized carbons (Fsp3) is 0.286. The van der Waals surface area contributed by atoms with E-state index in [2.05, 4.69) is 5.32 Å². The molecule has 0 radical (unpaired) electrons. The molecule has 0 saturated heterocycles. The molecule has 7 heteroatoms. The number of ether oxygens (including phenoxy) is 3. The third-order valence-corrected chi connectivity index (χ3v) is 5.96. The largest absolute Gasteiger partial charge is 0.497 e. The van der Waals surface area contributed by atoms with Crippen LogP contribution in [0.1, 0.15) is 30.0 Å². The van der Waals surface area contributed by atoms with Gasteiger partial charge in [-0.05, 0) is 60.0 Å². The highest BCUT2D eigenvalue weighted by Crippen LogP contribution is 2.30. The summed E-state index contributed by atoms with van der Waals surface area (Å²) in [4.78, 5) is 27.6. The van der Waals surface area contributed by atoms with Crippen molar-refractivity contribution in [3.63, 3.8) is 0 Å². The van der Waals surface area contributed by atoms with Gasteiger partial charge in [0.05, 0.1) is 20.6 Å². The lowest BCUT2D eigenvalue weighted by Gasteiger charge is -2.23. The molecule has 0 fully saturated rings. The Morgan fingerprint density at radius 2 is 1.77 bits per heavy atom. The number of amides is 2. The Hall–Kier alpha value is -4.00. The van der Waals surface area contributed by atoms with E-state index in [1.54, 1.807) is 25.2 Å². The molecule has 1 atom stereocenters. The predicted molar refractivity (Wildman–Crippen MR) is 134 cm³/mol. The van der Waals surface area contributed by atoms with Crippen LogP contribution < -0.4 is 19.5 Å². The van der Waals surface area contributed by atoms with Gasteiger partial charge in [0.1, 0.15) is 17.2 Å². The highest BCUT2D eigenvalue weighted by Gasteiger charge is 2.30. The number of methoxy groups -OCH3 is 2. The smallest absolute Gasteiger partial charge is 0.264 e. The minimum absolute atomic E-state index is 0.0587. The Bertz CT molecular complexity index is 1190. The van der Waals surface area contributed by atoms with Crippen molar-refractivity contribution in [1.29, 1.82) is 0 Å². The number of carbonyl (C=O) groups excluding carboxylic acids is 2. The molecule has 0 aliphatic carbocycles. The lowest BCUT2D eigenvalue weighted by atomic mass is 10.1. The van der Waals surface area contributed by atoms with Crippen molar-refractivity contribution in [3.05, 3.63) is 83.4 Å². The van der Waals surface area contributed by atoms with E-state index in [-0.39, 0.29) is 18.2 Å². The maximum absolute atomic E-state index is 13.2. The van der Waals surface area contributed by atoms with Gasteiger partial charge in [-0.25, -0.2) is 0 Å². The Labute approximate surface area is 205 Å². The minimum atomic E-state index is -0.558. The SMILES string of the molecule is CC[C@@H]1Oc2ccc(NC(=O)Cc3ccc(OC)cc3)cc2CN(Cc2cccc(OC)c2)C1=O. The zero-order valence-corrected chi connectivity index (χ0v) is 20.2. The van der Waals surface area contributed by atoms with Crippen molar-refractivity contribution in [2.75, 3.05) is 19.5 Å². The molecule has 7 nitrogen and oxygen atoms in total. The number of hydrogen-bond acceptors (Lipinski definition) is 5. The monoisotopic (exact) mass is 474 g/mol. The molecule has 1 aliphatic heterocycles. The highest BCUT2D eigenvalue weighted by atomic mass is 16.5. The summed E-state index contributed by atoms with van der Waals surface area (Å²) in [5.74, 6) is 1.97. The summed E-state index contributed by atoms with van der Waals surface area (Å²) in [5, 5.41) is 2.96. The van der Waals surface area contributed by atoms with Crippen LogP contribution in [-0.2, 0) is 29.1 Å². The van der Waals surface area contributed by atoms with Crippen LogP contribution in [0, 0.1) is 0 Å². The molecule has 4 rings (SSSR count). The van der Waals surface area contributed by atoms with Crippen molar-refractivity contribution in [1.82, 2.24) is 4.90 Å². The lowest BCUT2D eigenvalue weighted by Crippen LogP contribution is -2.38. The molecule has 35 heavy (non-hydrogen) atoms. The van der Waals surface area contributed by atoms with Crippen LogP contribution >= 0.6 is 0 Å². The molecule has 0 aromatic heterocycles. The van der Waals surface area contributed by atoms with Gasteiger partial charge in [-0.3, -0.25) is 9.59 Å². The summed E-state index contributed by atoms with van der Waals surface area (Å²) in [6.07, 6.45) is 0.251. The molecule has 0 bridgehead atoms. The average molecular weight is 475 g/mol. The van der Waals surface area contributed by atoms with Gasteiger partial charge in [0.25, 0.3) is 5.91 Å². The van der Waals surface area contributed by atoms with E-state index >= 15 is 0 Å². The highest BCUT2D eigenvalue weighted by molar-refractivity contribution is 5.92. The van der Waals surface area contributed by atoms with E-state index in [0.29, 0.717) is 30.9 Å². The number of carbonyl (C=O) groups is 2. The topological polar surface area (TPSA) is 77.1 Å². The average Bonchev–Trinajstić information content (AvgIpc) is 3.00. The van der Waals surface area contributed by atoms with E-state index in [4.69, 9.17) is 14.2 Å². The standard InChI is InChI=1S/C28H30N2O5/c1-4-25-28(32)30(17-20-6-5-7-24(14-20)34-3)18-21-16-22(10-13-26(21)35-25)29-27(31)15-19-8-11-23(33-2)12-9-19/h5-14,16,25H,4,15,17-18H2,1-3H3,(H,29,31)/t25-/m0/s1. The summed E-state index contributed by atoms with van der Waals surface area (Å²) in [7, 11) is 3.23. The van der Waals surface area contributed by atoms with Crippen molar-refractivity contribution in [2.24, 2.45) is 0 Å². The van der Waals surface area contributed by atoms with Crippen LogP contribution in [0.3, 0.4) is 0 Å². The van der Waals surface area contributed by atoms with Gasteiger partial charge in [-0.2, -0.15) is 0 Å². The zero-order valence-electron chi connectivity index (χ0n) is 20.2. The summed E-state index contributed by atoms with van der Waals surface area (Å²) >= 11 is 0. The van der Waals surface area contributed by atoms with Crippen LogP contribution in [-0.4, -0.2) is 37.0 Å². The molecule has 3 aromatic carbocycles. The fourth-order valence-corrected chi connectivity index (χ4v) is 4.10. The van der Waals surface area contributed by atoms with Crippen molar-refractivity contribution < 1.29 is 23.8 Å². The predicted octanol–water partition coefficient (Wildman–Crippen LogP) is 4.58. The number of anilines is 1. The van der Waals surface area contributed by atoms with Crippen molar-refractivity contribution in [3.8, 4) is 17.2 Å². The fourth-order valence-electron chi connectivity index (χ4n) is 4.10. The van der Waals surface area contributed by atoms with E-state index in [1.807, 2.05) is 67.6 Å². The first-order chi connectivity index (χ1) is 17.0.